The summed E-state index contributed by atoms with van der Waals surface area (Å²) in [6.07, 6.45) is 0.978. The van der Waals surface area contributed by atoms with Gasteiger partial charge in [-0.15, -0.1) is 0 Å². The van der Waals surface area contributed by atoms with E-state index in [1.54, 1.807) is 0 Å². The lowest BCUT2D eigenvalue weighted by molar-refractivity contribution is 0.211. The van der Waals surface area contributed by atoms with Gasteiger partial charge in [-0.2, -0.15) is 5.10 Å². The molecule has 3 N–H and O–H groups in total. The molecule has 0 bridgehead atoms. The first-order chi connectivity index (χ1) is 16.7. The monoisotopic (exact) mass is 453 g/mol. The zero-order valence-corrected chi connectivity index (χ0v) is 19.6. The summed E-state index contributed by atoms with van der Waals surface area (Å²) in [4.78, 5) is 12.4. The molecule has 34 heavy (non-hydrogen) atoms. The molecule has 4 aromatic rings. The number of aromatic amines is 1. The summed E-state index contributed by atoms with van der Waals surface area (Å²) in [5.74, 6) is 1.71. The third-order valence-electron chi connectivity index (χ3n) is 7.30. The number of nitrogen functional groups attached to an aromatic ring is 1. The molecule has 2 aliphatic heterocycles. The molecule has 0 saturated carbocycles. The van der Waals surface area contributed by atoms with Gasteiger partial charge in [0.05, 0.1) is 11.4 Å². The lowest BCUT2D eigenvalue weighted by Crippen LogP contribution is -2.48. The highest BCUT2D eigenvalue weighted by Gasteiger charge is 2.30. The highest BCUT2D eigenvalue weighted by atomic mass is 15.3. The topological polar surface area (TPSA) is 77.3 Å². The van der Waals surface area contributed by atoms with Crippen LogP contribution in [0.25, 0.3) is 11.0 Å². The second kappa shape index (κ2) is 8.74. The number of fused-ring (bicyclic) bond motifs is 3. The van der Waals surface area contributed by atoms with E-state index in [0.29, 0.717) is 5.82 Å². The number of nitrogens with zero attached hydrogens (tertiary/aromatic N) is 5. The van der Waals surface area contributed by atoms with Gasteiger partial charge >= 0.3 is 0 Å². The highest BCUT2D eigenvalue weighted by Crippen LogP contribution is 2.36. The minimum absolute atomic E-state index is 0.256. The van der Waals surface area contributed by atoms with Crippen molar-refractivity contribution in [1.29, 1.82) is 0 Å². The molecule has 0 spiro atoms. The van der Waals surface area contributed by atoms with Crippen molar-refractivity contribution in [2.45, 2.75) is 19.0 Å². The summed E-state index contributed by atoms with van der Waals surface area (Å²) in [5, 5.41) is 8.38. The molecule has 174 valence electrons. The second-order valence-corrected chi connectivity index (χ2v) is 9.46. The fraction of sp³-hybridized carbons (Fsp3) is 0.333. The summed E-state index contributed by atoms with van der Waals surface area (Å²) in [6, 6.07) is 22.0. The number of pyridine rings is 1. The van der Waals surface area contributed by atoms with E-state index in [0.717, 1.165) is 62.5 Å². The fourth-order valence-corrected chi connectivity index (χ4v) is 5.61. The van der Waals surface area contributed by atoms with Crippen LogP contribution in [-0.4, -0.2) is 64.8 Å². The van der Waals surface area contributed by atoms with Crippen LogP contribution in [0.1, 0.15) is 28.3 Å². The van der Waals surface area contributed by atoms with Gasteiger partial charge in [0, 0.05) is 44.8 Å². The zero-order chi connectivity index (χ0) is 23.1. The maximum atomic E-state index is 6.23. The smallest absolute Gasteiger partial charge is 0.185 e. The molecule has 1 fully saturated rings. The van der Waals surface area contributed by atoms with Crippen molar-refractivity contribution in [1.82, 2.24) is 25.0 Å². The Morgan fingerprint density at radius 3 is 2.15 bits per heavy atom. The molecule has 2 aromatic heterocycles. The third-order valence-corrected chi connectivity index (χ3v) is 7.30. The van der Waals surface area contributed by atoms with Crippen LogP contribution in [0.3, 0.4) is 0 Å². The first kappa shape index (κ1) is 21.1. The van der Waals surface area contributed by atoms with Gasteiger partial charge in [0.2, 0.25) is 0 Å². The van der Waals surface area contributed by atoms with E-state index in [-0.39, 0.29) is 6.04 Å². The first-order valence-electron chi connectivity index (χ1n) is 12.1. The van der Waals surface area contributed by atoms with E-state index >= 15 is 0 Å². The van der Waals surface area contributed by atoms with Crippen LogP contribution < -0.4 is 10.6 Å². The molecule has 0 unspecified atom stereocenters. The van der Waals surface area contributed by atoms with E-state index in [1.807, 2.05) is 0 Å². The molecule has 7 nitrogen and oxygen atoms in total. The van der Waals surface area contributed by atoms with Crippen molar-refractivity contribution in [2.75, 3.05) is 50.4 Å². The maximum Gasteiger partial charge on any atom is 0.185 e. The third kappa shape index (κ3) is 3.71. The maximum absolute atomic E-state index is 6.23. The SMILES string of the molecule is CN1CCc2c(c(N3CCN(C(c4ccccc4)c4ccccc4)CC3)nc3n[nH]c(N)c23)C1. The van der Waals surface area contributed by atoms with Gasteiger partial charge in [0.1, 0.15) is 11.6 Å². The van der Waals surface area contributed by atoms with Gasteiger partial charge < -0.3 is 15.5 Å². The number of nitrogens with two attached hydrogens (primary N) is 1. The summed E-state index contributed by atoms with van der Waals surface area (Å²) in [5.41, 5.74) is 12.3. The molecule has 2 aromatic carbocycles. The largest absolute Gasteiger partial charge is 0.384 e. The van der Waals surface area contributed by atoms with Crippen LogP contribution in [0.2, 0.25) is 0 Å². The van der Waals surface area contributed by atoms with Crippen molar-refractivity contribution < 1.29 is 0 Å². The number of hydrogen-bond acceptors (Lipinski definition) is 6. The number of rotatable bonds is 4. The molecular weight excluding hydrogens is 422 g/mol. The normalized spacial score (nSPS) is 17.4. The summed E-state index contributed by atoms with van der Waals surface area (Å²) < 4.78 is 0. The van der Waals surface area contributed by atoms with Gasteiger partial charge in [-0.3, -0.25) is 10.00 Å². The van der Waals surface area contributed by atoms with E-state index in [9.17, 15) is 0 Å². The van der Waals surface area contributed by atoms with Crippen LogP contribution in [0.15, 0.2) is 60.7 Å². The molecule has 0 atom stereocenters. The molecule has 0 aliphatic carbocycles. The Bertz CT molecular complexity index is 1240. The molecule has 4 heterocycles. The zero-order valence-electron chi connectivity index (χ0n) is 19.6. The average Bonchev–Trinajstić information content (AvgIpc) is 3.26. The Morgan fingerprint density at radius 2 is 1.50 bits per heavy atom. The molecular formula is C27H31N7. The average molecular weight is 454 g/mol. The number of piperazine rings is 1. The van der Waals surface area contributed by atoms with Crippen molar-refractivity contribution in [2.24, 2.45) is 0 Å². The molecule has 2 aliphatic rings. The predicted octanol–water partition coefficient (Wildman–Crippen LogP) is 3.44. The van der Waals surface area contributed by atoms with Gasteiger partial charge in [-0.25, -0.2) is 4.98 Å². The number of H-pyrrole nitrogens is 1. The van der Waals surface area contributed by atoms with E-state index in [1.165, 1.54) is 22.3 Å². The van der Waals surface area contributed by atoms with Crippen LogP contribution in [0.5, 0.6) is 0 Å². The molecule has 0 amide bonds. The molecule has 7 heteroatoms. The quantitative estimate of drug-likeness (QED) is 0.493. The van der Waals surface area contributed by atoms with Crippen molar-refractivity contribution >= 4 is 22.7 Å². The Balaban J connectivity index is 1.31. The first-order valence-corrected chi connectivity index (χ1v) is 12.1. The van der Waals surface area contributed by atoms with Crippen LogP contribution in [0.4, 0.5) is 11.6 Å². The summed E-state index contributed by atoms with van der Waals surface area (Å²) in [6.45, 7) is 5.74. The summed E-state index contributed by atoms with van der Waals surface area (Å²) in [7, 11) is 2.18. The highest BCUT2D eigenvalue weighted by molar-refractivity contribution is 5.92. The predicted molar refractivity (Wildman–Crippen MR) is 137 cm³/mol. The lowest BCUT2D eigenvalue weighted by atomic mass is 9.95. The van der Waals surface area contributed by atoms with Crippen molar-refractivity contribution in [3.63, 3.8) is 0 Å². The van der Waals surface area contributed by atoms with Gasteiger partial charge in [-0.05, 0) is 30.2 Å². The van der Waals surface area contributed by atoms with Crippen LogP contribution in [0, 0.1) is 0 Å². The lowest BCUT2D eigenvalue weighted by Gasteiger charge is -2.41. The standard InChI is InChI=1S/C27H31N7/c1-32-13-12-21-22(18-32)27(29-26-23(21)25(28)30-31-26)34-16-14-33(15-17-34)24(19-8-4-2-5-9-19)20-10-6-3-7-11-20/h2-11,24H,12-18H2,1H3,(H3,28,29,30,31). The number of likely N-dealkylation sites (N-methyl/N-ethyl adjacent to an activating group) is 1. The Labute approximate surface area is 200 Å². The van der Waals surface area contributed by atoms with E-state index in [4.69, 9.17) is 10.7 Å². The number of nitrogens with one attached hydrogen (secondary N) is 1. The fourth-order valence-electron chi connectivity index (χ4n) is 5.61. The second-order valence-electron chi connectivity index (χ2n) is 9.46. The molecule has 0 radical (unpaired) electrons. The molecule has 6 rings (SSSR count). The van der Waals surface area contributed by atoms with Crippen molar-refractivity contribution in [3.05, 3.63) is 82.9 Å². The minimum Gasteiger partial charge on any atom is -0.384 e. The Morgan fingerprint density at radius 1 is 0.853 bits per heavy atom. The minimum atomic E-state index is 0.256. The Hall–Kier alpha value is -3.42. The van der Waals surface area contributed by atoms with Crippen LogP contribution >= 0.6 is 0 Å². The van der Waals surface area contributed by atoms with Gasteiger partial charge in [0.15, 0.2) is 5.65 Å². The van der Waals surface area contributed by atoms with E-state index < -0.39 is 0 Å². The van der Waals surface area contributed by atoms with E-state index in [2.05, 4.69) is 92.6 Å². The Kier molecular flexibility index (Phi) is 5.43. The molecule has 1 saturated heterocycles. The number of hydrogen-bond donors (Lipinski definition) is 2. The van der Waals surface area contributed by atoms with Gasteiger partial charge in [-0.1, -0.05) is 60.7 Å². The number of aromatic nitrogens is 3. The van der Waals surface area contributed by atoms with Crippen molar-refractivity contribution in [3.8, 4) is 0 Å². The van der Waals surface area contributed by atoms with Crippen LogP contribution in [-0.2, 0) is 13.0 Å². The summed E-state index contributed by atoms with van der Waals surface area (Å²) >= 11 is 0. The van der Waals surface area contributed by atoms with Gasteiger partial charge in [0.25, 0.3) is 0 Å². The number of anilines is 2. The number of benzene rings is 2.